The number of hydrogen-bond acceptors (Lipinski definition) is 4. The maximum Gasteiger partial charge on any atom is 0.181 e. The Morgan fingerprint density at radius 3 is 1.12 bits per heavy atom. The van der Waals surface area contributed by atoms with Crippen molar-refractivity contribution in [3.63, 3.8) is 0 Å². The van der Waals surface area contributed by atoms with Crippen LogP contribution in [0.15, 0.2) is 119 Å². The number of aryl methyl sites for hydroxylation is 2. The maximum atomic E-state index is 5.14. The monoisotopic (exact) mass is 416 g/mol. The van der Waals surface area contributed by atoms with Gasteiger partial charge in [-0.05, 0) is 38.1 Å². The predicted octanol–water partition coefficient (Wildman–Crippen LogP) is 6.35. The van der Waals surface area contributed by atoms with Crippen molar-refractivity contribution in [2.45, 2.75) is 13.8 Å². The van der Waals surface area contributed by atoms with Crippen LogP contribution in [0.3, 0.4) is 0 Å². The van der Waals surface area contributed by atoms with Crippen LogP contribution in [0.2, 0.25) is 0 Å². The molecular formula is C28H24N4. The van der Waals surface area contributed by atoms with Gasteiger partial charge in [0.2, 0.25) is 0 Å². The molecule has 4 aromatic rings. The summed E-state index contributed by atoms with van der Waals surface area (Å²) in [6.07, 6.45) is 0. The Kier molecular flexibility index (Phi) is 5.26. The lowest BCUT2D eigenvalue weighted by Crippen LogP contribution is -2.41. The smallest absolute Gasteiger partial charge is 0.181 e. The van der Waals surface area contributed by atoms with E-state index in [1.165, 1.54) is 11.1 Å². The predicted molar refractivity (Wildman–Crippen MR) is 133 cm³/mol. The van der Waals surface area contributed by atoms with E-state index < -0.39 is 0 Å². The number of amidine groups is 2. The van der Waals surface area contributed by atoms with Crippen LogP contribution >= 0.6 is 0 Å². The van der Waals surface area contributed by atoms with Gasteiger partial charge in [0.25, 0.3) is 0 Å². The molecular weight excluding hydrogens is 392 g/mol. The second kappa shape index (κ2) is 8.52. The van der Waals surface area contributed by atoms with Crippen molar-refractivity contribution >= 4 is 23.0 Å². The van der Waals surface area contributed by atoms with Gasteiger partial charge in [0.15, 0.2) is 11.7 Å². The minimum absolute atomic E-state index is 0.773. The van der Waals surface area contributed by atoms with E-state index in [1.807, 2.05) is 46.4 Å². The Morgan fingerprint density at radius 2 is 0.781 bits per heavy atom. The van der Waals surface area contributed by atoms with Crippen LogP contribution in [0.4, 0.5) is 11.4 Å². The highest BCUT2D eigenvalue weighted by Gasteiger charge is 2.27. The van der Waals surface area contributed by atoms with Gasteiger partial charge >= 0.3 is 0 Å². The van der Waals surface area contributed by atoms with Gasteiger partial charge in [-0.2, -0.15) is 0 Å². The number of hydrogen-bond donors (Lipinski definition) is 0. The Bertz CT molecular complexity index is 1160. The van der Waals surface area contributed by atoms with Crippen LogP contribution in [0.5, 0.6) is 0 Å². The summed E-state index contributed by atoms with van der Waals surface area (Å²) < 4.78 is 0. The van der Waals surface area contributed by atoms with Gasteiger partial charge in [-0.1, -0.05) is 96.1 Å². The number of anilines is 2. The molecule has 4 aromatic carbocycles. The average Bonchev–Trinajstić information content (AvgIpc) is 2.85. The largest absolute Gasteiger partial charge is 0.211 e. The first kappa shape index (κ1) is 19.8. The third-order valence-electron chi connectivity index (χ3n) is 5.41. The summed E-state index contributed by atoms with van der Waals surface area (Å²) in [7, 11) is 0. The lowest BCUT2D eigenvalue weighted by molar-refractivity contribution is 0.993. The lowest BCUT2D eigenvalue weighted by Gasteiger charge is -2.32. The zero-order valence-corrected chi connectivity index (χ0v) is 18.2. The van der Waals surface area contributed by atoms with Crippen molar-refractivity contribution in [1.82, 2.24) is 0 Å². The van der Waals surface area contributed by atoms with Crippen LogP contribution in [-0.2, 0) is 0 Å². The first-order valence-corrected chi connectivity index (χ1v) is 10.7. The van der Waals surface area contributed by atoms with E-state index in [1.54, 1.807) is 0 Å². The van der Waals surface area contributed by atoms with Crippen LogP contribution < -0.4 is 10.0 Å². The minimum Gasteiger partial charge on any atom is -0.211 e. The van der Waals surface area contributed by atoms with Crippen molar-refractivity contribution in [2.75, 3.05) is 10.0 Å². The van der Waals surface area contributed by atoms with Crippen LogP contribution in [0.25, 0.3) is 0 Å². The first-order chi connectivity index (χ1) is 15.7. The molecule has 0 radical (unpaired) electrons. The molecule has 0 unspecified atom stereocenters. The first-order valence-electron chi connectivity index (χ1n) is 10.7. The quantitative estimate of drug-likeness (QED) is 0.388. The molecule has 1 aliphatic rings. The third kappa shape index (κ3) is 3.91. The molecule has 0 saturated carbocycles. The Balaban J connectivity index is 1.71. The van der Waals surface area contributed by atoms with E-state index >= 15 is 0 Å². The topological polar surface area (TPSA) is 31.2 Å². The molecule has 1 aliphatic heterocycles. The summed E-state index contributed by atoms with van der Waals surface area (Å²) >= 11 is 0. The molecule has 5 rings (SSSR count). The van der Waals surface area contributed by atoms with Crippen molar-refractivity contribution in [3.8, 4) is 0 Å². The molecule has 0 fully saturated rings. The van der Waals surface area contributed by atoms with Crippen LogP contribution in [0, 0.1) is 13.8 Å². The van der Waals surface area contributed by atoms with E-state index in [2.05, 4.69) is 86.6 Å². The van der Waals surface area contributed by atoms with Gasteiger partial charge in [0, 0.05) is 11.1 Å². The fraction of sp³-hybridized carbons (Fsp3) is 0.0714. The summed E-state index contributed by atoms with van der Waals surface area (Å²) in [5.74, 6) is 1.55. The fourth-order valence-corrected chi connectivity index (χ4v) is 3.64. The van der Waals surface area contributed by atoms with E-state index in [0.29, 0.717) is 0 Å². The molecule has 0 amide bonds. The number of benzene rings is 4. The SMILES string of the molecule is Cc1ccc(N2N=C(c3ccccc3)N(c3ccc(C)cc3)N=C2c2ccccc2)cc1. The van der Waals surface area contributed by atoms with Crippen LogP contribution in [0.1, 0.15) is 22.3 Å². The van der Waals surface area contributed by atoms with Crippen molar-refractivity contribution in [1.29, 1.82) is 0 Å². The highest BCUT2D eigenvalue weighted by atomic mass is 15.6. The second-order valence-electron chi connectivity index (χ2n) is 7.87. The molecule has 0 spiro atoms. The second-order valence-corrected chi connectivity index (χ2v) is 7.87. The highest BCUT2D eigenvalue weighted by Crippen LogP contribution is 2.28. The van der Waals surface area contributed by atoms with E-state index in [-0.39, 0.29) is 0 Å². The van der Waals surface area contributed by atoms with E-state index in [4.69, 9.17) is 10.2 Å². The molecule has 1 heterocycles. The standard InChI is InChI=1S/C28H24N4/c1-21-13-17-25(18-14-21)31-27(23-9-5-3-6-10-23)30-32(26-19-15-22(2)16-20-26)28(29-31)24-11-7-4-8-12-24/h3-20H,1-2H3. The normalized spacial score (nSPS) is 13.6. The summed E-state index contributed by atoms with van der Waals surface area (Å²) in [6.45, 7) is 4.17. The summed E-state index contributed by atoms with van der Waals surface area (Å²) in [6, 6.07) is 37.1. The minimum atomic E-state index is 0.773. The van der Waals surface area contributed by atoms with Gasteiger partial charge in [0.1, 0.15) is 0 Å². The van der Waals surface area contributed by atoms with Crippen molar-refractivity contribution in [2.24, 2.45) is 10.2 Å². The third-order valence-corrected chi connectivity index (χ3v) is 5.41. The average molecular weight is 417 g/mol. The van der Waals surface area contributed by atoms with Gasteiger partial charge in [-0.25, -0.2) is 10.0 Å². The molecule has 4 heteroatoms. The molecule has 0 bridgehead atoms. The zero-order valence-electron chi connectivity index (χ0n) is 18.2. The van der Waals surface area contributed by atoms with Crippen molar-refractivity contribution < 1.29 is 0 Å². The van der Waals surface area contributed by atoms with Gasteiger partial charge in [-0.15, -0.1) is 10.2 Å². The molecule has 0 atom stereocenters. The molecule has 0 N–H and O–H groups in total. The Morgan fingerprint density at radius 1 is 0.438 bits per heavy atom. The van der Waals surface area contributed by atoms with Gasteiger partial charge < -0.3 is 0 Å². The van der Waals surface area contributed by atoms with Gasteiger partial charge in [0.05, 0.1) is 11.4 Å². The summed E-state index contributed by atoms with van der Waals surface area (Å²) in [4.78, 5) is 0. The van der Waals surface area contributed by atoms with E-state index in [0.717, 1.165) is 34.2 Å². The number of nitrogens with zero attached hydrogens (tertiary/aromatic N) is 4. The number of rotatable bonds is 4. The summed E-state index contributed by atoms with van der Waals surface area (Å²) in [5.41, 5.74) is 6.35. The number of hydrazone groups is 2. The lowest BCUT2D eigenvalue weighted by atomic mass is 10.1. The molecule has 4 nitrogen and oxygen atoms in total. The molecule has 0 aromatic heterocycles. The zero-order chi connectivity index (χ0) is 21.9. The molecule has 32 heavy (non-hydrogen) atoms. The molecule has 156 valence electrons. The molecule has 0 aliphatic carbocycles. The molecule has 0 saturated heterocycles. The fourth-order valence-electron chi connectivity index (χ4n) is 3.64. The Hall–Kier alpha value is -4.18. The highest BCUT2D eigenvalue weighted by molar-refractivity contribution is 6.19. The van der Waals surface area contributed by atoms with Crippen LogP contribution in [-0.4, -0.2) is 11.7 Å². The maximum absolute atomic E-state index is 5.14. The van der Waals surface area contributed by atoms with E-state index in [9.17, 15) is 0 Å². The van der Waals surface area contributed by atoms with Gasteiger partial charge in [-0.3, -0.25) is 0 Å². The van der Waals surface area contributed by atoms with Crippen molar-refractivity contribution in [3.05, 3.63) is 131 Å². The Labute approximate surface area is 188 Å². The summed E-state index contributed by atoms with van der Waals surface area (Å²) in [5, 5.41) is 14.1.